The maximum absolute atomic E-state index is 12.1. The largest absolute Gasteiger partial charge is 0.466 e. The minimum absolute atomic E-state index is 0.0966. The second-order valence-electron chi connectivity index (χ2n) is 7.93. The molecule has 0 rings (SSSR count). The molecule has 0 bridgehead atoms. The van der Waals surface area contributed by atoms with Crippen LogP contribution in [0.5, 0.6) is 0 Å². The van der Waals surface area contributed by atoms with Gasteiger partial charge in [-0.15, -0.1) is 0 Å². The van der Waals surface area contributed by atoms with Crippen molar-refractivity contribution in [1.29, 1.82) is 0 Å². The highest BCUT2D eigenvalue weighted by molar-refractivity contribution is 5.71. The predicted molar refractivity (Wildman–Crippen MR) is 110 cm³/mol. The van der Waals surface area contributed by atoms with Crippen LogP contribution < -0.4 is 0 Å². The van der Waals surface area contributed by atoms with Crippen LogP contribution in [0.2, 0.25) is 0 Å². The molecule has 0 aromatic heterocycles. The fourth-order valence-electron chi connectivity index (χ4n) is 3.07. The first-order valence-electron chi connectivity index (χ1n) is 10.9. The molecule has 0 radical (unpaired) electrons. The molecule has 1 atom stereocenters. The zero-order valence-electron chi connectivity index (χ0n) is 18.4. The second-order valence-corrected chi connectivity index (χ2v) is 7.93. The fraction of sp³-hybridized carbons (Fsp3) is 0.909. The van der Waals surface area contributed by atoms with E-state index in [2.05, 4.69) is 0 Å². The normalized spacial score (nSPS) is 13.8. The molecule has 0 aliphatic heterocycles. The number of aliphatic hydroxyl groups excluding tert-OH is 1. The topological polar surface area (TPSA) is 93.1 Å². The summed E-state index contributed by atoms with van der Waals surface area (Å²) in [6, 6.07) is 0. The zero-order chi connectivity index (χ0) is 21.5. The van der Waals surface area contributed by atoms with E-state index in [9.17, 15) is 14.7 Å². The van der Waals surface area contributed by atoms with Gasteiger partial charge in [0.1, 0.15) is 5.60 Å². The van der Waals surface area contributed by atoms with Crippen LogP contribution in [-0.2, 0) is 19.1 Å². The van der Waals surface area contributed by atoms with Gasteiger partial charge in [-0.25, -0.2) is 0 Å². The molecular formula is C22H42O6. The van der Waals surface area contributed by atoms with Crippen LogP contribution in [0.25, 0.3) is 0 Å². The summed E-state index contributed by atoms with van der Waals surface area (Å²) < 4.78 is 10.9. The lowest BCUT2D eigenvalue weighted by Crippen LogP contribution is -2.34. The van der Waals surface area contributed by atoms with Crippen LogP contribution in [0.3, 0.4) is 0 Å². The summed E-state index contributed by atoms with van der Waals surface area (Å²) in [6.07, 6.45) is 7.54. The minimum atomic E-state index is -0.635. The van der Waals surface area contributed by atoms with Crippen LogP contribution in [0, 0.1) is 0 Å². The lowest BCUT2D eigenvalue weighted by molar-refractivity contribution is -0.162. The Morgan fingerprint density at radius 1 is 0.821 bits per heavy atom. The number of rotatable bonds is 17. The van der Waals surface area contributed by atoms with E-state index >= 15 is 0 Å². The summed E-state index contributed by atoms with van der Waals surface area (Å²) in [5.41, 5.74) is -1.12. The summed E-state index contributed by atoms with van der Waals surface area (Å²) in [4.78, 5) is 23.8. The van der Waals surface area contributed by atoms with Crippen molar-refractivity contribution in [3.8, 4) is 0 Å². The van der Waals surface area contributed by atoms with Gasteiger partial charge in [-0.05, 0) is 71.1 Å². The number of unbranched alkanes of at least 4 members (excludes halogenated alkanes) is 2. The molecule has 6 heteroatoms. The fourth-order valence-corrected chi connectivity index (χ4v) is 3.07. The van der Waals surface area contributed by atoms with E-state index in [1.54, 1.807) is 0 Å². The van der Waals surface area contributed by atoms with Crippen molar-refractivity contribution in [3.63, 3.8) is 0 Å². The van der Waals surface area contributed by atoms with E-state index in [1.165, 1.54) is 0 Å². The Balaban J connectivity index is 3.90. The molecule has 6 nitrogen and oxygen atoms in total. The summed E-state index contributed by atoms with van der Waals surface area (Å²) >= 11 is 0. The van der Waals surface area contributed by atoms with E-state index in [4.69, 9.17) is 14.6 Å². The van der Waals surface area contributed by atoms with E-state index in [1.807, 2.05) is 27.7 Å². The van der Waals surface area contributed by atoms with E-state index in [-0.39, 0.29) is 18.5 Å². The van der Waals surface area contributed by atoms with Gasteiger partial charge in [-0.3, -0.25) is 9.59 Å². The molecule has 0 aromatic rings. The highest BCUT2D eigenvalue weighted by Gasteiger charge is 2.29. The Hall–Kier alpha value is -1.14. The second kappa shape index (κ2) is 14.8. The maximum Gasteiger partial charge on any atom is 0.306 e. The predicted octanol–water partition coefficient (Wildman–Crippen LogP) is 4.30. The van der Waals surface area contributed by atoms with Crippen LogP contribution in [0.15, 0.2) is 0 Å². The monoisotopic (exact) mass is 402 g/mol. The first kappa shape index (κ1) is 26.9. The number of ether oxygens (including phenoxy) is 2. The number of esters is 2. The molecule has 0 aromatic carbocycles. The Labute approximate surface area is 171 Å². The molecule has 28 heavy (non-hydrogen) atoms. The maximum atomic E-state index is 12.1. The smallest absolute Gasteiger partial charge is 0.306 e. The van der Waals surface area contributed by atoms with E-state index in [0.717, 1.165) is 25.7 Å². The molecule has 166 valence electrons. The minimum Gasteiger partial charge on any atom is -0.466 e. The van der Waals surface area contributed by atoms with Gasteiger partial charge in [0.15, 0.2) is 0 Å². The molecule has 0 saturated carbocycles. The first-order chi connectivity index (χ1) is 13.2. The lowest BCUT2D eigenvalue weighted by atomic mass is 9.91. The summed E-state index contributed by atoms with van der Waals surface area (Å²) in [5, 5.41) is 18.9. The first-order valence-corrected chi connectivity index (χ1v) is 10.9. The molecule has 0 heterocycles. The number of hydrogen-bond donors (Lipinski definition) is 2. The van der Waals surface area contributed by atoms with Gasteiger partial charge in [0, 0.05) is 19.4 Å². The Bertz CT molecular complexity index is 429. The average Bonchev–Trinajstić information content (AvgIpc) is 2.68. The van der Waals surface area contributed by atoms with Gasteiger partial charge >= 0.3 is 11.9 Å². The zero-order valence-corrected chi connectivity index (χ0v) is 18.4. The van der Waals surface area contributed by atoms with Crippen molar-refractivity contribution in [1.82, 2.24) is 0 Å². The molecule has 0 aliphatic carbocycles. The standard InChI is InChI=1S/C22H42O6/c1-5-21(4,26)15-10-11-18-27-19(24)13-8-9-14-20(25)28-22(6-2,7-3)16-12-17-23/h23,26H,5-18H2,1-4H3. The van der Waals surface area contributed by atoms with Crippen molar-refractivity contribution in [2.24, 2.45) is 0 Å². The number of carbonyl (C=O) groups is 2. The van der Waals surface area contributed by atoms with Crippen LogP contribution in [0.1, 0.15) is 105 Å². The van der Waals surface area contributed by atoms with Crippen molar-refractivity contribution in [2.45, 2.75) is 116 Å². The van der Waals surface area contributed by atoms with Crippen molar-refractivity contribution in [2.75, 3.05) is 13.2 Å². The highest BCUT2D eigenvalue weighted by Crippen LogP contribution is 2.27. The molecular weight excluding hydrogens is 360 g/mol. The number of hydrogen-bond acceptors (Lipinski definition) is 6. The van der Waals surface area contributed by atoms with Crippen molar-refractivity contribution >= 4 is 11.9 Å². The molecule has 1 unspecified atom stereocenters. The Morgan fingerprint density at radius 3 is 1.96 bits per heavy atom. The molecule has 0 spiro atoms. The lowest BCUT2D eigenvalue weighted by Gasteiger charge is -2.31. The van der Waals surface area contributed by atoms with Gasteiger partial charge < -0.3 is 19.7 Å². The van der Waals surface area contributed by atoms with Gasteiger partial charge in [0.2, 0.25) is 0 Å². The molecule has 0 saturated heterocycles. The van der Waals surface area contributed by atoms with Gasteiger partial charge in [0.05, 0.1) is 12.2 Å². The third-order valence-corrected chi connectivity index (χ3v) is 5.56. The Morgan fingerprint density at radius 2 is 1.43 bits per heavy atom. The third kappa shape index (κ3) is 12.3. The summed E-state index contributed by atoms with van der Waals surface area (Å²) in [6.45, 7) is 8.23. The van der Waals surface area contributed by atoms with Crippen molar-refractivity contribution in [3.05, 3.63) is 0 Å². The molecule has 2 N–H and O–H groups in total. The van der Waals surface area contributed by atoms with E-state index < -0.39 is 11.2 Å². The SMILES string of the molecule is CCC(C)(O)CCCCOC(=O)CCCCC(=O)OC(CC)(CC)CCCO. The van der Waals surface area contributed by atoms with Crippen LogP contribution >= 0.6 is 0 Å². The van der Waals surface area contributed by atoms with Gasteiger partial charge in [0.25, 0.3) is 0 Å². The third-order valence-electron chi connectivity index (χ3n) is 5.56. The number of carbonyl (C=O) groups excluding carboxylic acids is 2. The molecule has 0 aliphatic rings. The average molecular weight is 403 g/mol. The van der Waals surface area contributed by atoms with Gasteiger partial charge in [-0.1, -0.05) is 20.8 Å². The Kier molecular flexibility index (Phi) is 14.2. The highest BCUT2D eigenvalue weighted by atomic mass is 16.6. The van der Waals surface area contributed by atoms with Crippen LogP contribution in [0.4, 0.5) is 0 Å². The quantitative estimate of drug-likeness (QED) is 0.278. The van der Waals surface area contributed by atoms with Gasteiger partial charge in [-0.2, -0.15) is 0 Å². The van der Waals surface area contributed by atoms with Crippen molar-refractivity contribution < 1.29 is 29.3 Å². The molecule has 0 amide bonds. The van der Waals surface area contributed by atoms with Crippen LogP contribution in [-0.4, -0.2) is 46.6 Å². The molecule has 0 fully saturated rings. The van der Waals surface area contributed by atoms with E-state index in [0.29, 0.717) is 58.0 Å². The summed E-state index contributed by atoms with van der Waals surface area (Å²) in [7, 11) is 0. The summed E-state index contributed by atoms with van der Waals surface area (Å²) in [5.74, 6) is -0.479. The number of aliphatic hydroxyl groups is 2.